The smallest absolute Gasteiger partial charge is 0.307 e. The first-order valence-corrected chi connectivity index (χ1v) is 5.13. The van der Waals surface area contributed by atoms with Crippen molar-refractivity contribution in [2.75, 3.05) is 20.2 Å². The van der Waals surface area contributed by atoms with Crippen molar-refractivity contribution in [1.82, 2.24) is 5.32 Å². The zero-order chi connectivity index (χ0) is 9.52. The summed E-state index contributed by atoms with van der Waals surface area (Å²) in [5.41, 5.74) is 0. The molecule has 1 fully saturated rings. The molecular formula is C10H19NO2. The normalized spacial score (nSPS) is 17.6. The van der Waals surface area contributed by atoms with Gasteiger partial charge in [-0.3, -0.25) is 4.79 Å². The number of carbonyl (C=O) groups excluding carboxylic acids is 1. The Balaban J connectivity index is 2.00. The monoisotopic (exact) mass is 185 g/mol. The highest BCUT2D eigenvalue weighted by molar-refractivity contribution is 5.69. The van der Waals surface area contributed by atoms with E-state index in [4.69, 9.17) is 4.74 Å². The van der Waals surface area contributed by atoms with Gasteiger partial charge in [-0.05, 0) is 25.8 Å². The molecule has 0 heterocycles. The molecule has 0 aromatic carbocycles. The van der Waals surface area contributed by atoms with Gasteiger partial charge in [-0.1, -0.05) is 12.8 Å². The van der Waals surface area contributed by atoms with Crippen LogP contribution >= 0.6 is 0 Å². The third kappa shape index (κ3) is 4.27. The molecule has 1 aliphatic rings. The van der Waals surface area contributed by atoms with Gasteiger partial charge in [0.2, 0.25) is 0 Å². The lowest BCUT2D eigenvalue weighted by molar-refractivity contribution is -0.144. The van der Waals surface area contributed by atoms with E-state index in [0.717, 1.165) is 0 Å². The molecule has 0 aliphatic heterocycles. The number of nitrogens with one attached hydrogen (secondary N) is 1. The molecule has 0 spiro atoms. The number of rotatable bonds is 5. The molecule has 1 rings (SSSR count). The third-order valence-electron chi connectivity index (χ3n) is 2.53. The largest absolute Gasteiger partial charge is 0.465 e. The van der Waals surface area contributed by atoms with Crippen LogP contribution in [0.5, 0.6) is 0 Å². The summed E-state index contributed by atoms with van der Waals surface area (Å²) in [4.78, 5) is 11.1. The Morgan fingerprint density at radius 1 is 1.46 bits per heavy atom. The van der Waals surface area contributed by atoms with Crippen LogP contribution in [-0.2, 0) is 9.53 Å². The number of ether oxygens (including phenoxy) is 1. The van der Waals surface area contributed by atoms with E-state index in [-0.39, 0.29) is 5.97 Å². The van der Waals surface area contributed by atoms with Crippen molar-refractivity contribution >= 4 is 5.97 Å². The van der Waals surface area contributed by atoms with Crippen molar-refractivity contribution in [3.8, 4) is 0 Å². The summed E-state index contributed by atoms with van der Waals surface area (Å²) in [6, 6.07) is 0. The van der Waals surface area contributed by atoms with Crippen LogP contribution in [0.25, 0.3) is 0 Å². The van der Waals surface area contributed by atoms with Crippen molar-refractivity contribution in [1.29, 1.82) is 0 Å². The van der Waals surface area contributed by atoms with Crippen LogP contribution in [0.15, 0.2) is 0 Å². The maximum Gasteiger partial charge on any atom is 0.307 e. The summed E-state index contributed by atoms with van der Waals surface area (Å²) in [6.45, 7) is 1.35. The zero-order valence-electron chi connectivity index (χ0n) is 8.34. The van der Waals surface area contributed by atoms with Gasteiger partial charge < -0.3 is 10.1 Å². The van der Waals surface area contributed by atoms with E-state index in [1.54, 1.807) is 0 Å². The molecule has 0 bridgehead atoms. The molecule has 76 valence electrons. The van der Waals surface area contributed by atoms with Gasteiger partial charge in [0.05, 0.1) is 13.0 Å². The number of hydrogen-bond acceptors (Lipinski definition) is 3. The molecule has 13 heavy (non-hydrogen) atoms. The molecule has 3 heteroatoms. The Kier molecular flexibility index (Phi) is 4.83. The molecule has 1 aliphatic carbocycles. The number of esters is 1. The Labute approximate surface area is 79.8 Å². The molecule has 0 unspecified atom stereocenters. The second-order valence-corrected chi connectivity index (χ2v) is 3.69. The molecule has 1 N–H and O–H groups in total. The van der Waals surface area contributed by atoms with Gasteiger partial charge in [-0.25, -0.2) is 0 Å². The van der Waals surface area contributed by atoms with Crippen LogP contribution < -0.4 is 5.32 Å². The maximum absolute atomic E-state index is 11.1. The number of carbonyl (C=O) groups is 1. The molecule has 0 aromatic heterocycles. The van der Waals surface area contributed by atoms with Crippen molar-refractivity contribution in [3.05, 3.63) is 0 Å². The summed E-state index contributed by atoms with van der Waals surface area (Å²) < 4.78 is 5.15. The Bertz CT molecular complexity index is 153. The average Bonchev–Trinajstić information content (AvgIpc) is 2.64. The van der Waals surface area contributed by atoms with E-state index >= 15 is 0 Å². The van der Waals surface area contributed by atoms with E-state index < -0.39 is 0 Å². The summed E-state index contributed by atoms with van der Waals surface area (Å²) in [5, 5.41) is 2.93. The van der Waals surface area contributed by atoms with Gasteiger partial charge in [0, 0.05) is 6.54 Å². The highest BCUT2D eigenvalue weighted by Crippen LogP contribution is 2.24. The fraction of sp³-hybridized carbons (Fsp3) is 0.900. The first-order valence-electron chi connectivity index (χ1n) is 5.13. The fourth-order valence-electron chi connectivity index (χ4n) is 1.69. The zero-order valence-corrected chi connectivity index (χ0v) is 8.34. The molecule has 0 radical (unpaired) electrons. The third-order valence-corrected chi connectivity index (χ3v) is 2.53. The van der Waals surface area contributed by atoms with E-state index in [1.165, 1.54) is 25.7 Å². The molecule has 0 saturated heterocycles. The van der Waals surface area contributed by atoms with Crippen molar-refractivity contribution in [2.24, 2.45) is 5.92 Å². The van der Waals surface area contributed by atoms with Gasteiger partial charge in [0.25, 0.3) is 0 Å². The van der Waals surface area contributed by atoms with Gasteiger partial charge >= 0.3 is 5.97 Å². The van der Waals surface area contributed by atoms with Crippen LogP contribution in [0.3, 0.4) is 0 Å². The van der Waals surface area contributed by atoms with Crippen molar-refractivity contribution in [2.45, 2.75) is 32.1 Å². The van der Waals surface area contributed by atoms with Gasteiger partial charge in [-0.15, -0.1) is 0 Å². The highest BCUT2D eigenvalue weighted by Gasteiger charge is 2.16. The highest BCUT2D eigenvalue weighted by atomic mass is 16.5. The van der Waals surface area contributed by atoms with E-state index in [9.17, 15) is 4.79 Å². The number of hydrogen-bond donors (Lipinski definition) is 1. The van der Waals surface area contributed by atoms with Gasteiger partial charge in [0.1, 0.15) is 0 Å². The minimum atomic E-state index is -0.0683. The average molecular weight is 185 g/mol. The first kappa shape index (κ1) is 10.5. The van der Waals surface area contributed by atoms with Gasteiger partial charge in [-0.2, -0.15) is 0 Å². The fourth-order valence-corrected chi connectivity index (χ4v) is 1.69. The van der Waals surface area contributed by atoms with Crippen molar-refractivity contribution in [3.63, 3.8) is 0 Å². The quantitative estimate of drug-likeness (QED) is 0.657. The molecule has 0 amide bonds. The lowest BCUT2D eigenvalue weighted by atomic mass is 10.1. The first-order chi connectivity index (χ1) is 6.33. The summed E-state index contributed by atoms with van der Waals surface area (Å²) >= 11 is 0. The van der Waals surface area contributed by atoms with Crippen LogP contribution in [-0.4, -0.2) is 26.2 Å². The van der Waals surface area contributed by atoms with E-state index in [0.29, 0.717) is 25.5 Å². The Morgan fingerprint density at radius 3 is 2.77 bits per heavy atom. The van der Waals surface area contributed by atoms with Crippen LogP contribution in [0, 0.1) is 5.92 Å². The summed E-state index contributed by atoms with van der Waals surface area (Å²) in [6.07, 6.45) is 5.57. The van der Waals surface area contributed by atoms with Crippen molar-refractivity contribution < 1.29 is 9.53 Å². The molecule has 0 aromatic rings. The standard InChI is InChI=1S/C10H19NO2/c1-11-7-6-10(12)13-8-9-4-2-3-5-9/h9,11H,2-8H2,1H3. The Hall–Kier alpha value is -0.570. The molecular weight excluding hydrogens is 166 g/mol. The van der Waals surface area contributed by atoms with Gasteiger partial charge in [0.15, 0.2) is 0 Å². The second-order valence-electron chi connectivity index (χ2n) is 3.69. The molecule has 0 atom stereocenters. The lowest BCUT2D eigenvalue weighted by Crippen LogP contribution is -2.17. The lowest BCUT2D eigenvalue weighted by Gasteiger charge is -2.09. The molecule has 3 nitrogen and oxygen atoms in total. The minimum absolute atomic E-state index is 0.0683. The van der Waals surface area contributed by atoms with E-state index in [2.05, 4.69) is 5.32 Å². The molecule has 1 saturated carbocycles. The predicted molar refractivity (Wildman–Crippen MR) is 51.5 cm³/mol. The van der Waals surface area contributed by atoms with Crippen LogP contribution in [0.1, 0.15) is 32.1 Å². The predicted octanol–water partition coefficient (Wildman–Crippen LogP) is 1.33. The maximum atomic E-state index is 11.1. The summed E-state index contributed by atoms with van der Waals surface area (Å²) in [5.74, 6) is 0.569. The SMILES string of the molecule is CNCCC(=O)OCC1CCCC1. The minimum Gasteiger partial charge on any atom is -0.465 e. The van der Waals surface area contributed by atoms with Crippen LogP contribution in [0.4, 0.5) is 0 Å². The summed E-state index contributed by atoms with van der Waals surface area (Å²) in [7, 11) is 1.84. The van der Waals surface area contributed by atoms with E-state index in [1.807, 2.05) is 7.05 Å². The second kappa shape index (κ2) is 5.97. The Morgan fingerprint density at radius 2 is 2.15 bits per heavy atom. The topological polar surface area (TPSA) is 38.3 Å². The van der Waals surface area contributed by atoms with Crippen LogP contribution in [0.2, 0.25) is 0 Å².